The SMILES string of the molecule is CCOC(=O)N1CCC(NC(=O)c2nc(-c3ccccc3)sc2C)CC1. The number of nitrogens with zero attached hydrogens (tertiary/aromatic N) is 2. The fraction of sp³-hybridized carbons (Fsp3) is 0.421. The third kappa shape index (κ3) is 4.22. The van der Waals surface area contributed by atoms with Gasteiger partial charge in [-0.1, -0.05) is 30.3 Å². The number of thiazole rings is 1. The van der Waals surface area contributed by atoms with E-state index in [9.17, 15) is 9.59 Å². The lowest BCUT2D eigenvalue weighted by atomic mass is 10.1. The molecule has 1 aliphatic heterocycles. The van der Waals surface area contributed by atoms with E-state index in [1.165, 1.54) is 11.3 Å². The van der Waals surface area contributed by atoms with Gasteiger partial charge >= 0.3 is 6.09 Å². The van der Waals surface area contributed by atoms with E-state index in [1.54, 1.807) is 11.8 Å². The molecule has 0 aliphatic carbocycles. The van der Waals surface area contributed by atoms with Gasteiger partial charge in [0.25, 0.3) is 5.91 Å². The van der Waals surface area contributed by atoms with Crippen molar-refractivity contribution >= 4 is 23.3 Å². The lowest BCUT2D eigenvalue weighted by molar-refractivity contribution is 0.0857. The first-order valence-corrected chi connectivity index (χ1v) is 9.65. The molecule has 1 saturated heterocycles. The van der Waals surface area contributed by atoms with Crippen LogP contribution in [0.2, 0.25) is 0 Å². The van der Waals surface area contributed by atoms with Gasteiger partial charge in [-0.25, -0.2) is 9.78 Å². The quantitative estimate of drug-likeness (QED) is 0.891. The molecule has 1 fully saturated rings. The van der Waals surface area contributed by atoms with Crippen molar-refractivity contribution < 1.29 is 14.3 Å². The smallest absolute Gasteiger partial charge is 0.409 e. The topological polar surface area (TPSA) is 71.5 Å². The second-order valence-electron chi connectivity index (χ2n) is 6.22. The maximum absolute atomic E-state index is 12.6. The molecule has 138 valence electrons. The number of aromatic nitrogens is 1. The van der Waals surface area contributed by atoms with E-state index in [0.717, 1.165) is 28.3 Å². The first kappa shape index (κ1) is 18.4. The largest absolute Gasteiger partial charge is 0.450 e. The summed E-state index contributed by atoms with van der Waals surface area (Å²) in [5, 5.41) is 3.91. The summed E-state index contributed by atoms with van der Waals surface area (Å²) in [5.41, 5.74) is 1.50. The van der Waals surface area contributed by atoms with Crippen molar-refractivity contribution in [3.05, 3.63) is 40.9 Å². The lowest BCUT2D eigenvalue weighted by Crippen LogP contribution is -2.46. The van der Waals surface area contributed by atoms with Crippen LogP contribution in [0, 0.1) is 6.92 Å². The van der Waals surface area contributed by atoms with Crippen LogP contribution in [0.15, 0.2) is 30.3 Å². The molecule has 26 heavy (non-hydrogen) atoms. The number of piperidine rings is 1. The Bertz CT molecular complexity index is 768. The summed E-state index contributed by atoms with van der Waals surface area (Å²) in [7, 11) is 0. The summed E-state index contributed by atoms with van der Waals surface area (Å²) < 4.78 is 5.02. The van der Waals surface area contributed by atoms with Gasteiger partial charge < -0.3 is 15.0 Å². The van der Waals surface area contributed by atoms with E-state index >= 15 is 0 Å². The summed E-state index contributed by atoms with van der Waals surface area (Å²) in [4.78, 5) is 31.5. The van der Waals surface area contributed by atoms with E-state index in [1.807, 2.05) is 37.3 Å². The highest BCUT2D eigenvalue weighted by Gasteiger charge is 2.26. The molecule has 0 atom stereocenters. The number of benzene rings is 1. The highest BCUT2D eigenvalue weighted by Crippen LogP contribution is 2.27. The van der Waals surface area contributed by atoms with Crippen LogP contribution in [0.4, 0.5) is 4.79 Å². The molecule has 0 bridgehead atoms. The monoisotopic (exact) mass is 373 g/mol. The third-order valence-corrected chi connectivity index (χ3v) is 5.41. The second kappa shape index (κ2) is 8.31. The summed E-state index contributed by atoms with van der Waals surface area (Å²) in [6, 6.07) is 9.91. The van der Waals surface area contributed by atoms with Gasteiger partial charge in [0, 0.05) is 29.6 Å². The van der Waals surface area contributed by atoms with Crippen molar-refractivity contribution in [1.82, 2.24) is 15.2 Å². The normalized spacial score (nSPS) is 14.9. The summed E-state index contributed by atoms with van der Waals surface area (Å²) in [6.45, 7) is 5.28. The Morgan fingerprint density at radius 1 is 1.27 bits per heavy atom. The molecule has 1 N–H and O–H groups in total. The molecule has 0 saturated carbocycles. The van der Waals surface area contributed by atoms with Crippen LogP contribution in [0.1, 0.15) is 35.1 Å². The van der Waals surface area contributed by atoms with Gasteiger partial charge in [-0.05, 0) is 26.7 Å². The first-order chi connectivity index (χ1) is 12.6. The minimum absolute atomic E-state index is 0.0504. The Labute approximate surface area is 157 Å². The van der Waals surface area contributed by atoms with Crippen LogP contribution in [-0.2, 0) is 4.74 Å². The zero-order valence-corrected chi connectivity index (χ0v) is 15.8. The number of aryl methyl sites for hydroxylation is 1. The molecule has 1 aromatic carbocycles. The van der Waals surface area contributed by atoms with Gasteiger partial charge in [0.05, 0.1) is 6.61 Å². The molecular weight excluding hydrogens is 350 g/mol. The highest BCUT2D eigenvalue weighted by atomic mass is 32.1. The molecule has 0 unspecified atom stereocenters. The van der Waals surface area contributed by atoms with Crippen LogP contribution >= 0.6 is 11.3 Å². The molecule has 3 rings (SSSR count). The van der Waals surface area contributed by atoms with Gasteiger partial charge in [-0.3, -0.25) is 4.79 Å². The van der Waals surface area contributed by atoms with Gasteiger partial charge in [0.2, 0.25) is 0 Å². The molecule has 1 aliphatic rings. The molecule has 2 aromatic rings. The van der Waals surface area contributed by atoms with E-state index in [0.29, 0.717) is 25.4 Å². The first-order valence-electron chi connectivity index (χ1n) is 8.84. The van der Waals surface area contributed by atoms with E-state index < -0.39 is 0 Å². The Morgan fingerprint density at radius 3 is 2.62 bits per heavy atom. The van der Waals surface area contributed by atoms with Crippen molar-refractivity contribution in [2.45, 2.75) is 32.7 Å². The summed E-state index contributed by atoms with van der Waals surface area (Å²) >= 11 is 1.53. The van der Waals surface area contributed by atoms with E-state index in [-0.39, 0.29) is 18.0 Å². The van der Waals surface area contributed by atoms with Gasteiger partial charge in [-0.15, -0.1) is 11.3 Å². The molecule has 7 heteroatoms. The molecule has 2 amide bonds. The van der Waals surface area contributed by atoms with Crippen LogP contribution in [0.5, 0.6) is 0 Å². The van der Waals surface area contributed by atoms with Gasteiger partial charge in [-0.2, -0.15) is 0 Å². The van der Waals surface area contributed by atoms with Crippen LogP contribution < -0.4 is 5.32 Å². The fourth-order valence-corrected chi connectivity index (χ4v) is 3.90. The number of amides is 2. The number of nitrogens with one attached hydrogen (secondary N) is 1. The molecule has 1 aromatic heterocycles. The lowest BCUT2D eigenvalue weighted by Gasteiger charge is -2.31. The van der Waals surface area contributed by atoms with E-state index in [4.69, 9.17) is 4.74 Å². The molecular formula is C19H23N3O3S. The molecule has 2 heterocycles. The summed E-state index contributed by atoms with van der Waals surface area (Å²) in [6.07, 6.45) is 1.17. The van der Waals surface area contributed by atoms with E-state index in [2.05, 4.69) is 10.3 Å². The van der Waals surface area contributed by atoms with Crippen LogP contribution in [0.3, 0.4) is 0 Å². The molecule has 0 radical (unpaired) electrons. The van der Waals surface area contributed by atoms with Crippen LogP contribution in [0.25, 0.3) is 10.6 Å². The zero-order valence-electron chi connectivity index (χ0n) is 15.0. The van der Waals surface area contributed by atoms with Crippen molar-refractivity contribution in [2.24, 2.45) is 0 Å². The van der Waals surface area contributed by atoms with Crippen molar-refractivity contribution in [3.63, 3.8) is 0 Å². The highest BCUT2D eigenvalue weighted by molar-refractivity contribution is 7.15. The number of likely N-dealkylation sites (tertiary alicyclic amines) is 1. The van der Waals surface area contributed by atoms with Crippen molar-refractivity contribution in [1.29, 1.82) is 0 Å². The minimum Gasteiger partial charge on any atom is -0.450 e. The Hall–Kier alpha value is -2.41. The second-order valence-corrected chi connectivity index (χ2v) is 7.43. The average molecular weight is 373 g/mol. The Kier molecular flexibility index (Phi) is 5.88. The number of hydrogen-bond donors (Lipinski definition) is 1. The standard InChI is InChI=1S/C19H23N3O3S/c1-3-25-19(24)22-11-9-15(10-12-22)20-17(23)16-13(2)26-18(21-16)14-7-5-4-6-8-14/h4-8,15H,3,9-12H2,1-2H3,(H,20,23). The molecule has 6 nitrogen and oxygen atoms in total. The maximum atomic E-state index is 12.6. The average Bonchev–Trinajstić information content (AvgIpc) is 3.05. The number of ether oxygens (including phenoxy) is 1. The third-order valence-electron chi connectivity index (χ3n) is 4.39. The van der Waals surface area contributed by atoms with Crippen LogP contribution in [-0.4, -0.2) is 47.6 Å². The van der Waals surface area contributed by atoms with Crippen molar-refractivity contribution in [3.8, 4) is 10.6 Å². The van der Waals surface area contributed by atoms with Crippen molar-refractivity contribution in [2.75, 3.05) is 19.7 Å². The van der Waals surface area contributed by atoms with Gasteiger partial charge in [0.1, 0.15) is 10.7 Å². The predicted octanol–water partition coefficient (Wildman–Crippen LogP) is 3.47. The number of hydrogen-bond acceptors (Lipinski definition) is 5. The fourth-order valence-electron chi connectivity index (χ4n) is 2.99. The van der Waals surface area contributed by atoms with Gasteiger partial charge in [0.15, 0.2) is 0 Å². The number of carbonyl (C=O) groups is 2. The minimum atomic E-state index is -0.278. The maximum Gasteiger partial charge on any atom is 0.409 e. The predicted molar refractivity (Wildman–Crippen MR) is 101 cm³/mol. The Balaban J connectivity index is 1.59. The molecule has 0 spiro atoms. The number of carbonyl (C=O) groups excluding carboxylic acids is 2. The number of rotatable bonds is 4. The zero-order chi connectivity index (χ0) is 18.5. The summed E-state index contributed by atoms with van der Waals surface area (Å²) in [5.74, 6) is -0.143. The Morgan fingerprint density at radius 2 is 1.96 bits per heavy atom.